The van der Waals surface area contributed by atoms with Crippen molar-refractivity contribution in [2.45, 2.75) is 46.6 Å². The molecule has 0 bridgehead atoms. The fourth-order valence-corrected chi connectivity index (χ4v) is 2.97. The van der Waals surface area contributed by atoms with Crippen LogP contribution >= 0.6 is 24.0 Å². The standard InChI is InChI=1S/C20H30FN5.HI/c1-6-22-20(23-12-11-17-7-9-18(21)10-8-17)24-14(2)13-19-15(3)25-26(5)16(19)4;/h7-10,14H,6,11-13H2,1-5H3,(H2,22,23,24);1H. The van der Waals surface area contributed by atoms with Crippen LogP contribution < -0.4 is 10.6 Å². The molecule has 0 amide bonds. The summed E-state index contributed by atoms with van der Waals surface area (Å²) >= 11 is 0. The lowest BCUT2D eigenvalue weighted by molar-refractivity contribution is 0.626. The predicted octanol–water partition coefficient (Wildman–Crippen LogP) is 3.52. The predicted molar refractivity (Wildman–Crippen MR) is 120 cm³/mol. The van der Waals surface area contributed by atoms with Crippen molar-refractivity contribution >= 4 is 29.9 Å². The van der Waals surface area contributed by atoms with E-state index in [0.29, 0.717) is 6.54 Å². The van der Waals surface area contributed by atoms with Crippen molar-refractivity contribution in [1.82, 2.24) is 20.4 Å². The van der Waals surface area contributed by atoms with E-state index in [4.69, 9.17) is 0 Å². The van der Waals surface area contributed by atoms with Crippen molar-refractivity contribution in [3.8, 4) is 0 Å². The minimum absolute atomic E-state index is 0. The van der Waals surface area contributed by atoms with Gasteiger partial charge in [0.15, 0.2) is 5.96 Å². The Bertz CT molecular complexity index is 740. The van der Waals surface area contributed by atoms with Crippen molar-refractivity contribution in [3.63, 3.8) is 0 Å². The molecule has 150 valence electrons. The number of aromatic nitrogens is 2. The maximum absolute atomic E-state index is 13.0. The van der Waals surface area contributed by atoms with Gasteiger partial charge in [-0.25, -0.2) is 4.39 Å². The molecule has 2 N–H and O–H groups in total. The van der Waals surface area contributed by atoms with Crippen molar-refractivity contribution in [1.29, 1.82) is 0 Å². The summed E-state index contributed by atoms with van der Waals surface area (Å²) in [5, 5.41) is 11.2. The van der Waals surface area contributed by atoms with Crippen LogP contribution in [0, 0.1) is 19.7 Å². The van der Waals surface area contributed by atoms with Crippen LogP contribution in [0.1, 0.15) is 36.4 Å². The lowest BCUT2D eigenvalue weighted by Crippen LogP contribution is -2.43. The van der Waals surface area contributed by atoms with Gasteiger partial charge < -0.3 is 10.6 Å². The van der Waals surface area contributed by atoms with Crippen LogP contribution in [0.25, 0.3) is 0 Å². The Labute approximate surface area is 178 Å². The maximum atomic E-state index is 13.0. The number of benzene rings is 1. The molecule has 1 unspecified atom stereocenters. The van der Waals surface area contributed by atoms with E-state index in [0.717, 1.165) is 36.6 Å². The monoisotopic (exact) mass is 487 g/mol. The smallest absolute Gasteiger partial charge is 0.191 e. The molecular formula is C20H31FIN5. The SMILES string of the molecule is CCNC(=NCCc1ccc(F)cc1)NC(C)Cc1c(C)nn(C)c1C.I. The number of hydrogen-bond acceptors (Lipinski definition) is 2. The van der Waals surface area contributed by atoms with Gasteiger partial charge in [0.25, 0.3) is 0 Å². The second-order valence-electron chi connectivity index (χ2n) is 6.66. The molecule has 7 heteroatoms. The number of nitrogens with one attached hydrogen (secondary N) is 2. The Morgan fingerprint density at radius 2 is 1.93 bits per heavy atom. The van der Waals surface area contributed by atoms with Gasteiger partial charge in [-0.3, -0.25) is 9.67 Å². The van der Waals surface area contributed by atoms with E-state index in [2.05, 4.69) is 48.4 Å². The van der Waals surface area contributed by atoms with Gasteiger partial charge in [-0.1, -0.05) is 12.1 Å². The number of halogens is 2. The van der Waals surface area contributed by atoms with Crippen molar-refractivity contribution in [3.05, 3.63) is 52.6 Å². The molecule has 0 saturated carbocycles. The highest BCUT2D eigenvalue weighted by molar-refractivity contribution is 14.0. The molecule has 0 aliphatic heterocycles. The topological polar surface area (TPSA) is 54.2 Å². The molecule has 0 radical (unpaired) electrons. The van der Waals surface area contributed by atoms with Crippen molar-refractivity contribution in [2.24, 2.45) is 12.0 Å². The number of aryl methyl sites for hydroxylation is 2. The molecule has 1 atom stereocenters. The fourth-order valence-electron chi connectivity index (χ4n) is 2.97. The van der Waals surface area contributed by atoms with Crippen LogP contribution in [-0.2, 0) is 19.9 Å². The molecule has 1 heterocycles. The quantitative estimate of drug-likeness (QED) is 0.357. The summed E-state index contributed by atoms with van der Waals surface area (Å²) in [6.45, 7) is 9.82. The Kier molecular flexibility index (Phi) is 9.76. The average molecular weight is 487 g/mol. The first kappa shape index (κ1) is 23.4. The first-order valence-corrected chi connectivity index (χ1v) is 9.19. The molecule has 5 nitrogen and oxygen atoms in total. The summed E-state index contributed by atoms with van der Waals surface area (Å²) in [5.74, 6) is 0.600. The second kappa shape index (κ2) is 11.3. The lowest BCUT2D eigenvalue weighted by Gasteiger charge is -2.18. The van der Waals surface area contributed by atoms with E-state index in [9.17, 15) is 4.39 Å². The minimum Gasteiger partial charge on any atom is -0.357 e. The van der Waals surface area contributed by atoms with Crippen LogP contribution in [0.3, 0.4) is 0 Å². The summed E-state index contributed by atoms with van der Waals surface area (Å²) in [6.07, 6.45) is 1.68. The van der Waals surface area contributed by atoms with Crippen LogP contribution in [0.5, 0.6) is 0 Å². The van der Waals surface area contributed by atoms with Gasteiger partial charge >= 0.3 is 0 Å². The maximum Gasteiger partial charge on any atom is 0.191 e. The minimum atomic E-state index is -0.206. The Morgan fingerprint density at radius 1 is 1.26 bits per heavy atom. The van der Waals surface area contributed by atoms with Gasteiger partial charge in [0, 0.05) is 31.9 Å². The average Bonchev–Trinajstić information content (AvgIpc) is 2.83. The third-order valence-corrected chi connectivity index (χ3v) is 4.48. The fraction of sp³-hybridized carbons (Fsp3) is 0.500. The second-order valence-corrected chi connectivity index (χ2v) is 6.66. The molecule has 2 aromatic rings. The molecule has 27 heavy (non-hydrogen) atoms. The van der Waals surface area contributed by atoms with Crippen LogP contribution in [0.4, 0.5) is 4.39 Å². The highest BCUT2D eigenvalue weighted by Gasteiger charge is 2.13. The van der Waals surface area contributed by atoms with E-state index in [1.165, 1.54) is 23.4 Å². The molecule has 0 fully saturated rings. The number of nitrogens with zero attached hydrogens (tertiary/aromatic N) is 3. The Morgan fingerprint density at radius 3 is 2.48 bits per heavy atom. The van der Waals surface area contributed by atoms with E-state index >= 15 is 0 Å². The largest absolute Gasteiger partial charge is 0.357 e. The zero-order chi connectivity index (χ0) is 19.1. The van der Waals surface area contributed by atoms with Crippen LogP contribution in [-0.4, -0.2) is 34.9 Å². The highest BCUT2D eigenvalue weighted by Crippen LogP contribution is 2.14. The summed E-state index contributed by atoms with van der Waals surface area (Å²) in [7, 11) is 1.98. The van der Waals surface area contributed by atoms with E-state index in [-0.39, 0.29) is 35.8 Å². The first-order valence-electron chi connectivity index (χ1n) is 9.19. The number of hydrogen-bond donors (Lipinski definition) is 2. The summed E-state index contributed by atoms with van der Waals surface area (Å²) < 4.78 is 14.9. The Balaban J connectivity index is 0.00000364. The van der Waals surface area contributed by atoms with E-state index < -0.39 is 0 Å². The summed E-state index contributed by atoms with van der Waals surface area (Å²) in [5.41, 5.74) is 4.65. The number of aliphatic imine (C=N–C) groups is 1. The molecular weight excluding hydrogens is 456 g/mol. The van der Waals surface area contributed by atoms with Gasteiger partial charge in [0.05, 0.1) is 5.69 Å². The zero-order valence-electron chi connectivity index (χ0n) is 16.8. The third-order valence-electron chi connectivity index (χ3n) is 4.48. The number of rotatable bonds is 7. The van der Waals surface area contributed by atoms with E-state index in [1.54, 1.807) is 0 Å². The first-order chi connectivity index (χ1) is 12.4. The zero-order valence-corrected chi connectivity index (χ0v) is 19.2. The van der Waals surface area contributed by atoms with Crippen molar-refractivity contribution in [2.75, 3.05) is 13.1 Å². The lowest BCUT2D eigenvalue weighted by atomic mass is 10.1. The third kappa shape index (κ3) is 7.12. The van der Waals surface area contributed by atoms with Gasteiger partial charge in [0.2, 0.25) is 0 Å². The Hall–Kier alpha value is -1.64. The normalized spacial score (nSPS) is 12.4. The molecule has 0 saturated heterocycles. The van der Waals surface area contributed by atoms with Gasteiger partial charge in [-0.2, -0.15) is 5.10 Å². The van der Waals surface area contributed by atoms with Crippen LogP contribution in [0.15, 0.2) is 29.3 Å². The molecule has 0 spiro atoms. The molecule has 0 aliphatic rings. The molecule has 2 rings (SSSR count). The molecule has 0 aliphatic carbocycles. The van der Waals surface area contributed by atoms with Gasteiger partial charge in [0.1, 0.15) is 5.82 Å². The van der Waals surface area contributed by atoms with E-state index in [1.807, 2.05) is 23.9 Å². The molecule has 1 aromatic carbocycles. The summed E-state index contributed by atoms with van der Waals surface area (Å²) in [6, 6.07) is 6.83. The van der Waals surface area contributed by atoms with Crippen molar-refractivity contribution < 1.29 is 4.39 Å². The molecule has 1 aromatic heterocycles. The highest BCUT2D eigenvalue weighted by atomic mass is 127. The number of guanidine groups is 1. The van der Waals surface area contributed by atoms with Crippen LogP contribution in [0.2, 0.25) is 0 Å². The summed E-state index contributed by atoms with van der Waals surface area (Å²) in [4.78, 5) is 4.64. The van der Waals surface area contributed by atoms with Gasteiger partial charge in [-0.15, -0.1) is 24.0 Å². The van der Waals surface area contributed by atoms with Gasteiger partial charge in [-0.05, 0) is 63.8 Å².